The van der Waals surface area contributed by atoms with Crippen LogP contribution in [0.5, 0.6) is 0 Å². The third kappa shape index (κ3) is 2.58. The van der Waals surface area contributed by atoms with Crippen LogP contribution in [0.25, 0.3) is 0 Å². The molecule has 1 aromatic carbocycles. The molecular weight excluding hydrogens is 252 g/mol. The van der Waals surface area contributed by atoms with Gasteiger partial charge in [-0.2, -0.15) is 0 Å². The number of benzene rings is 1. The van der Waals surface area contributed by atoms with Crippen molar-refractivity contribution >= 4 is 11.3 Å². The van der Waals surface area contributed by atoms with Gasteiger partial charge in [0.2, 0.25) is 0 Å². The fraction of sp³-hybridized carbons (Fsp3) is 0.438. The molecule has 1 aliphatic carbocycles. The summed E-state index contributed by atoms with van der Waals surface area (Å²) in [6.07, 6.45) is 5.00. The summed E-state index contributed by atoms with van der Waals surface area (Å²) in [6, 6.07) is 8.94. The van der Waals surface area contributed by atoms with Crippen LogP contribution in [-0.4, -0.2) is 12.0 Å². The van der Waals surface area contributed by atoms with E-state index < -0.39 is 0 Å². The fourth-order valence-electron chi connectivity index (χ4n) is 2.78. The highest BCUT2D eigenvalue weighted by Crippen LogP contribution is 2.32. The molecule has 1 atom stereocenters. The Balaban J connectivity index is 1.96. The van der Waals surface area contributed by atoms with Crippen molar-refractivity contribution in [2.45, 2.75) is 38.6 Å². The molecule has 1 N–H and O–H groups in total. The van der Waals surface area contributed by atoms with E-state index in [1.165, 1.54) is 46.0 Å². The largest absolute Gasteiger partial charge is 0.307 e. The summed E-state index contributed by atoms with van der Waals surface area (Å²) in [5, 5.41) is 4.64. The molecule has 0 saturated heterocycles. The normalized spacial score (nSPS) is 16.1. The van der Waals surface area contributed by atoms with Gasteiger partial charge < -0.3 is 5.32 Å². The first-order valence-electron chi connectivity index (χ1n) is 7.00. The first kappa shape index (κ1) is 12.8. The standard InChI is InChI=1S/C16H20N2S/c1-11-6-5-7-12(10-11)15(17-2)16-18-13-8-3-4-9-14(13)19-16/h5-7,10,15,17H,3-4,8-9H2,1-2H3. The highest BCUT2D eigenvalue weighted by atomic mass is 32.1. The molecule has 2 nitrogen and oxygen atoms in total. The predicted octanol–water partition coefficient (Wildman–Crippen LogP) is 3.64. The molecule has 3 heteroatoms. The maximum absolute atomic E-state index is 4.88. The second kappa shape index (κ2) is 5.43. The number of fused-ring (bicyclic) bond motifs is 1. The van der Waals surface area contributed by atoms with Gasteiger partial charge in [0.1, 0.15) is 5.01 Å². The van der Waals surface area contributed by atoms with Crippen molar-refractivity contribution < 1.29 is 0 Å². The number of aryl methyl sites for hydroxylation is 3. The van der Waals surface area contributed by atoms with Gasteiger partial charge in [-0.1, -0.05) is 29.8 Å². The van der Waals surface area contributed by atoms with Gasteiger partial charge in [-0.15, -0.1) is 11.3 Å². The van der Waals surface area contributed by atoms with E-state index in [0.717, 1.165) is 6.42 Å². The van der Waals surface area contributed by atoms with Gasteiger partial charge in [-0.3, -0.25) is 0 Å². The van der Waals surface area contributed by atoms with E-state index in [2.05, 4.69) is 36.5 Å². The number of hydrogen-bond acceptors (Lipinski definition) is 3. The third-order valence-corrected chi connectivity index (χ3v) is 5.00. The Bertz CT molecular complexity index is 550. The maximum atomic E-state index is 4.88. The van der Waals surface area contributed by atoms with Crippen LogP contribution in [0.2, 0.25) is 0 Å². The molecule has 0 radical (unpaired) electrons. The van der Waals surface area contributed by atoms with Gasteiger partial charge in [0.15, 0.2) is 0 Å². The quantitative estimate of drug-likeness (QED) is 0.922. The van der Waals surface area contributed by atoms with Crippen LogP contribution >= 0.6 is 11.3 Å². The molecule has 0 fully saturated rings. The zero-order valence-electron chi connectivity index (χ0n) is 11.6. The van der Waals surface area contributed by atoms with Crippen molar-refractivity contribution in [3.8, 4) is 0 Å². The first-order chi connectivity index (χ1) is 9.28. The van der Waals surface area contributed by atoms with E-state index in [9.17, 15) is 0 Å². The summed E-state index contributed by atoms with van der Waals surface area (Å²) in [6.45, 7) is 2.14. The Morgan fingerprint density at radius 1 is 1.26 bits per heavy atom. The third-order valence-electron chi connectivity index (χ3n) is 3.77. The lowest BCUT2D eigenvalue weighted by Gasteiger charge is -2.14. The zero-order valence-corrected chi connectivity index (χ0v) is 12.4. The number of nitrogens with zero attached hydrogens (tertiary/aromatic N) is 1. The molecule has 0 aliphatic heterocycles. The van der Waals surface area contributed by atoms with E-state index in [-0.39, 0.29) is 6.04 Å². The molecule has 0 bridgehead atoms. The van der Waals surface area contributed by atoms with Crippen LogP contribution in [-0.2, 0) is 12.8 Å². The van der Waals surface area contributed by atoms with E-state index >= 15 is 0 Å². The minimum absolute atomic E-state index is 0.232. The summed E-state index contributed by atoms with van der Waals surface area (Å²) < 4.78 is 0. The average molecular weight is 272 g/mol. The summed E-state index contributed by atoms with van der Waals surface area (Å²) in [7, 11) is 2.02. The molecule has 1 aromatic heterocycles. The lowest BCUT2D eigenvalue weighted by atomic mass is 10.0. The second-order valence-corrected chi connectivity index (χ2v) is 6.38. The summed E-state index contributed by atoms with van der Waals surface area (Å²) in [5.41, 5.74) is 3.96. The molecule has 3 rings (SSSR count). The van der Waals surface area contributed by atoms with Crippen LogP contribution < -0.4 is 5.32 Å². The Kier molecular flexibility index (Phi) is 3.67. The number of thiazole rings is 1. The van der Waals surface area contributed by atoms with Crippen LogP contribution in [0.4, 0.5) is 0 Å². The minimum Gasteiger partial charge on any atom is -0.307 e. The molecule has 1 aliphatic rings. The van der Waals surface area contributed by atoms with Crippen molar-refractivity contribution in [2.75, 3.05) is 7.05 Å². The highest BCUT2D eigenvalue weighted by Gasteiger charge is 2.21. The van der Waals surface area contributed by atoms with Crippen molar-refractivity contribution in [1.29, 1.82) is 0 Å². The highest BCUT2D eigenvalue weighted by molar-refractivity contribution is 7.11. The van der Waals surface area contributed by atoms with Crippen molar-refractivity contribution in [3.63, 3.8) is 0 Å². The Labute approximate surface area is 118 Å². The molecule has 0 spiro atoms. The molecule has 100 valence electrons. The molecule has 2 aromatic rings. The number of nitrogens with one attached hydrogen (secondary N) is 1. The summed E-state index contributed by atoms with van der Waals surface area (Å²) >= 11 is 1.90. The molecular formula is C16H20N2S. The number of rotatable bonds is 3. The maximum Gasteiger partial charge on any atom is 0.115 e. The van der Waals surface area contributed by atoms with Gasteiger partial charge in [0.05, 0.1) is 11.7 Å². The number of hydrogen-bond donors (Lipinski definition) is 1. The average Bonchev–Trinajstić information content (AvgIpc) is 2.83. The van der Waals surface area contributed by atoms with Gasteiger partial charge in [-0.25, -0.2) is 4.98 Å². The zero-order chi connectivity index (χ0) is 13.2. The first-order valence-corrected chi connectivity index (χ1v) is 7.82. The van der Waals surface area contributed by atoms with Gasteiger partial charge >= 0.3 is 0 Å². The van der Waals surface area contributed by atoms with Crippen molar-refractivity contribution in [2.24, 2.45) is 0 Å². The second-order valence-electron chi connectivity index (χ2n) is 5.26. The SMILES string of the molecule is CNC(c1cccc(C)c1)c1nc2c(s1)CCCC2. The number of aromatic nitrogens is 1. The van der Waals surface area contributed by atoms with E-state index in [1.807, 2.05) is 18.4 Å². The van der Waals surface area contributed by atoms with Crippen LogP contribution in [0.3, 0.4) is 0 Å². The molecule has 0 saturated carbocycles. The topological polar surface area (TPSA) is 24.9 Å². The Hall–Kier alpha value is -1.19. The Morgan fingerprint density at radius 2 is 2.11 bits per heavy atom. The molecule has 1 unspecified atom stereocenters. The lowest BCUT2D eigenvalue weighted by Crippen LogP contribution is -2.17. The Morgan fingerprint density at radius 3 is 2.84 bits per heavy atom. The minimum atomic E-state index is 0.232. The molecule has 19 heavy (non-hydrogen) atoms. The van der Waals surface area contributed by atoms with Crippen molar-refractivity contribution in [1.82, 2.24) is 10.3 Å². The molecule has 1 heterocycles. The lowest BCUT2D eigenvalue weighted by molar-refractivity contribution is 0.661. The van der Waals surface area contributed by atoms with Crippen molar-refractivity contribution in [3.05, 3.63) is 51.0 Å². The summed E-state index contributed by atoms with van der Waals surface area (Å²) in [4.78, 5) is 6.39. The summed E-state index contributed by atoms with van der Waals surface area (Å²) in [5.74, 6) is 0. The van der Waals surface area contributed by atoms with E-state index in [0.29, 0.717) is 0 Å². The smallest absolute Gasteiger partial charge is 0.115 e. The fourth-order valence-corrected chi connectivity index (χ4v) is 4.07. The van der Waals surface area contributed by atoms with Gasteiger partial charge in [-0.05, 0) is 45.2 Å². The predicted molar refractivity (Wildman–Crippen MR) is 80.8 cm³/mol. The van der Waals surface area contributed by atoms with Crippen LogP contribution in [0, 0.1) is 6.92 Å². The monoisotopic (exact) mass is 272 g/mol. The van der Waals surface area contributed by atoms with Gasteiger partial charge in [0.25, 0.3) is 0 Å². The molecule has 0 amide bonds. The van der Waals surface area contributed by atoms with Gasteiger partial charge in [0, 0.05) is 4.88 Å². The van der Waals surface area contributed by atoms with E-state index in [4.69, 9.17) is 4.98 Å². The van der Waals surface area contributed by atoms with Crippen LogP contribution in [0.1, 0.15) is 45.6 Å². The van der Waals surface area contributed by atoms with E-state index in [1.54, 1.807) is 0 Å². The van der Waals surface area contributed by atoms with Crippen LogP contribution in [0.15, 0.2) is 24.3 Å².